The first kappa shape index (κ1) is 31.7. The summed E-state index contributed by atoms with van der Waals surface area (Å²) >= 11 is 0. The normalized spacial score (nSPS) is 32.0. The number of methoxy groups -OCH3 is 5. The van der Waals surface area contributed by atoms with Gasteiger partial charge in [-0.3, -0.25) is 4.79 Å². The Morgan fingerprint density at radius 3 is 2.23 bits per heavy atom. The molecular weight excluding hydrogens is 500 g/mol. The molecule has 2 aliphatic heterocycles. The molecule has 0 aromatic heterocycles. The largest absolute Gasteiger partial charge is 0.427 e. The summed E-state index contributed by atoms with van der Waals surface area (Å²) in [5, 5.41) is 0. The quantitative estimate of drug-likeness (QED) is 0.162. The van der Waals surface area contributed by atoms with Gasteiger partial charge in [-0.2, -0.15) is 0 Å². The zero-order valence-corrected chi connectivity index (χ0v) is 24.9. The summed E-state index contributed by atoms with van der Waals surface area (Å²) < 4.78 is 41.2. The fraction of sp³-hybridized carbons (Fsp3) is 0.710. The molecule has 2 saturated heterocycles. The predicted octanol–water partition coefficient (Wildman–Crippen LogP) is 5.46. The average molecular weight is 549 g/mol. The van der Waals surface area contributed by atoms with Crippen LogP contribution in [-0.2, 0) is 38.0 Å². The number of esters is 1. The van der Waals surface area contributed by atoms with Crippen LogP contribution in [0, 0.1) is 17.8 Å². The highest BCUT2D eigenvalue weighted by atomic mass is 16.8. The molecule has 0 saturated carbocycles. The minimum atomic E-state index is -1.30. The lowest BCUT2D eigenvalue weighted by molar-refractivity contribution is -0.412. The van der Waals surface area contributed by atoms with Gasteiger partial charge in [0, 0.05) is 47.9 Å². The van der Waals surface area contributed by atoms with Crippen molar-refractivity contribution in [3.8, 4) is 0 Å². The van der Waals surface area contributed by atoms with Crippen molar-refractivity contribution < 1.29 is 38.0 Å². The number of carbonyl (C=O) groups is 1. The van der Waals surface area contributed by atoms with E-state index >= 15 is 0 Å². The van der Waals surface area contributed by atoms with E-state index in [1.54, 1.807) is 35.4 Å². The van der Waals surface area contributed by atoms with Gasteiger partial charge in [-0.15, -0.1) is 0 Å². The van der Waals surface area contributed by atoms with Crippen LogP contribution in [0.25, 0.3) is 0 Å². The average Bonchev–Trinajstić information content (AvgIpc) is 3.17. The van der Waals surface area contributed by atoms with Gasteiger partial charge in [-0.25, -0.2) is 0 Å². The van der Waals surface area contributed by atoms with Gasteiger partial charge >= 0.3 is 5.97 Å². The van der Waals surface area contributed by atoms with Crippen molar-refractivity contribution in [3.05, 3.63) is 48.0 Å². The van der Waals surface area contributed by atoms with Crippen LogP contribution in [0.5, 0.6) is 0 Å². The highest BCUT2D eigenvalue weighted by Gasteiger charge is 2.72. The third-order valence-electron chi connectivity index (χ3n) is 8.54. The number of unbranched alkanes of at least 4 members (excludes halogenated alkanes) is 1. The van der Waals surface area contributed by atoms with Gasteiger partial charge in [0.2, 0.25) is 5.79 Å². The smallest absolute Gasteiger partial charge is 0.317 e. The van der Waals surface area contributed by atoms with Crippen LogP contribution >= 0.6 is 0 Å². The summed E-state index contributed by atoms with van der Waals surface area (Å²) in [6.07, 6.45) is 8.12. The third-order valence-corrected chi connectivity index (χ3v) is 8.54. The van der Waals surface area contributed by atoms with Crippen LogP contribution in [0.1, 0.15) is 64.5 Å². The van der Waals surface area contributed by atoms with Gasteiger partial charge in [-0.1, -0.05) is 69.2 Å². The standard InChI is InChI=1S/C31H48O8/c1-21(28-22(2)20-30(36-7)31(37-8,38-28)23(3)29(32)39-30)18-19-27(35-6)26(34-5)17-13-12-16-25(33-4)24-14-10-9-11-15-24/h9-11,14-15,18-19,21-23,25-28H,12-13,16-17,20H2,1-8H3/b19-18+/t21-,22-,23-,25+,26-,27+,28-,30-,31+/m0/s1. The summed E-state index contributed by atoms with van der Waals surface area (Å²) in [6, 6.07) is 10.3. The van der Waals surface area contributed by atoms with Crippen molar-refractivity contribution in [2.75, 3.05) is 35.5 Å². The van der Waals surface area contributed by atoms with Crippen molar-refractivity contribution in [1.82, 2.24) is 0 Å². The van der Waals surface area contributed by atoms with Crippen molar-refractivity contribution in [1.29, 1.82) is 0 Å². The second-order valence-corrected chi connectivity index (χ2v) is 10.9. The van der Waals surface area contributed by atoms with E-state index < -0.39 is 17.5 Å². The zero-order chi connectivity index (χ0) is 28.6. The first-order valence-corrected chi connectivity index (χ1v) is 14.0. The monoisotopic (exact) mass is 548 g/mol. The molecule has 0 N–H and O–H groups in total. The number of ether oxygens (including phenoxy) is 7. The Morgan fingerprint density at radius 1 is 0.949 bits per heavy atom. The molecule has 1 aromatic carbocycles. The molecule has 0 aliphatic carbocycles. The Morgan fingerprint density at radius 2 is 1.64 bits per heavy atom. The summed E-state index contributed by atoms with van der Waals surface area (Å²) in [5.74, 6) is -3.46. The van der Waals surface area contributed by atoms with Crippen molar-refractivity contribution in [2.24, 2.45) is 17.8 Å². The number of rotatable bonds is 15. The van der Waals surface area contributed by atoms with Crippen LogP contribution in [0.4, 0.5) is 0 Å². The Kier molecular flexibility index (Phi) is 11.5. The van der Waals surface area contributed by atoms with Crippen LogP contribution < -0.4 is 0 Å². The van der Waals surface area contributed by atoms with Gasteiger partial charge in [0.05, 0.1) is 18.3 Å². The van der Waals surface area contributed by atoms with Gasteiger partial charge in [0.25, 0.3) is 5.79 Å². The fourth-order valence-corrected chi connectivity index (χ4v) is 6.24. The Balaban J connectivity index is 1.60. The molecule has 0 unspecified atom stereocenters. The van der Waals surface area contributed by atoms with E-state index in [1.807, 2.05) is 18.2 Å². The number of carbonyl (C=O) groups excluding carboxylic acids is 1. The minimum absolute atomic E-state index is 0.0215. The van der Waals surface area contributed by atoms with E-state index in [1.165, 1.54) is 12.7 Å². The second kappa shape index (κ2) is 14.2. The van der Waals surface area contributed by atoms with Crippen LogP contribution in [0.2, 0.25) is 0 Å². The molecule has 0 amide bonds. The maximum absolute atomic E-state index is 12.5. The molecule has 0 spiro atoms. The third kappa shape index (κ3) is 6.58. The molecule has 39 heavy (non-hydrogen) atoms. The number of hydrogen-bond acceptors (Lipinski definition) is 8. The van der Waals surface area contributed by atoms with E-state index in [0.717, 1.165) is 25.7 Å². The molecule has 8 heteroatoms. The molecule has 2 fully saturated rings. The SMILES string of the molecule is CO[C@@H](CCCC[C@@H](OC)c1ccccc1)[C@@H](/C=C/[C@H](C)[C@@H]1O[C@]2(OC)[C@@H](C)C(=O)O[C@@]2(OC)C[C@@H]1C)OC. The van der Waals surface area contributed by atoms with Crippen molar-refractivity contribution in [3.63, 3.8) is 0 Å². The molecule has 220 valence electrons. The number of benzene rings is 1. The maximum Gasteiger partial charge on any atom is 0.317 e. The Hall–Kier alpha value is -1.81. The van der Waals surface area contributed by atoms with Crippen LogP contribution in [0.3, 0.4) is 0 Å². The van der Waals surface area contributed by atoms with Gasteiger partial charge in [0.15, 0.2) is 0 Å². The predicted molar refractivity (Wildman–Crippen MR) is 148 cm³/mol. The topological polar surface area (TPSA) is 81.7 Å². The Labute approximate surface area is 234 Å². The first-order valence-electron chi connectivity index (χ1n) is 14.0. The molecule has 1 aromatic rings. The first-order chi connectivity index (χ1) is 18.7. The van der Waals surface area contributed by atoms with Crippen molar-refractivity contribution in [2.45, 2.75) is 88.9 Å². The van der Waals surface area contributed by atoms with Gasteiger partial charge in [-0.05, 0) is 31.2 Å². The van der Waals surface area contributed by atoms with Crippen molar-refractivity contribution >= 4 is 5.97 Å². The molecule has 2 heterocycles. The van der Waals surface area contributed by atoms with Crippen LogP contribution in [0.15, 0.2) is 42.5 Å². The van der Waals surface area contributed by atoms with E-state index in [0.29, 0.717) is 6.42 Å². The van der Waals surface area contributed by atoms with E-state index in [-0.39, 0.29) is 42.2 Å². The lowest BCUT2D eigenvalue weighted by Gasteiger charge is -2.51. The summed E-state index contributed by atoms with van der Waals surface area (Å²) in [4.78, 5) is 12.5. The highest BCUT2D eigenvalue weighted by molar-refractivity contribution is 5.76. The van der Waals surface area contributed by atoms with Crippen LogP contribution in [-0.4, -0.2) is 71.4 Å². The molecular formula is C31H48O8. The number of hydrogen-bond donors (Lipinski definition) is 0. The summed E-state index contributed by atoms with van der Waals surface area (Å²) in [7, 11) is 8.27. The van der Waals surface area contributed by atoms with Gasteiger partial charge in [0.1, 0.15) is 12.0 Å². The maximum atomic E-state index is 12.5. The summed E-state index contributed by atoms with van der Waals surface area (Å²) in [6.45, 7) is 5.95. The lowest BCUT2D eigenvalue weighted by Crippen LogP contribution is -2.65. The highest BCUT2D eigenvalue weighted by Crippen LogP contribution is 2.53. The number of fused-ring (bicyclic) bond motifs is 1. The zero-order valence-electron chi connectivity index (χ0n) is 24.9. The lowest BCUT2D eigenvalue weighted by atomic mass is 9.79. The minimum Gasteiger partial charge on any atom is -0.427 e. The van der Waals surface area contributed by atoms with E-state index in [2.05, 4.69) is 38.1 Å². The van der Waals surface area contributed by atoms with E-state index in [4.69, 9.17) is 33.2 Å². The van der Waals surface area contributed by atoms with Gasteiger partial charge < -0.3 is 33.2 Å². The molecule has 0 radical (unpaired) electrons. The molecule has 0 bridgehead atoms. The molecule has 3 rings (SSSR count). The molecule has 2 aliphatic rings. The fourth-order valence-electron chi connectivity index (χ4n) is 6.24. The van der Waals surface area contributed by atoms with E-state index in [9.17, 15) is 4.79 Å². The Bertz CT molecular complexity index is 922. The second-order valence-electron chi connectivity index (χ2n) is 10.9. The summed E-state index contributed by atoms with van der Waals surface area (Å²) in [5.41, 5.74) is 1.20. The molecule has 9 atom stereocenters. The molecule has 8 nitrogen and oxygen atoms in total.